The topological polar surface area (TPSA) is 61.5 Å². The van der Waals surface area contributed by atoms with Gasteiger partial charge in [0.2, 0.25) is 0 Å². The van der Waals surface area contributed by atoms with Crippen LogP contribution in [0.1, 0.15) is 5.56 Å². The van der Waals surface area contributed by atoms with Crippen molar-refractivity contribution in [3.05, 3.63) is 60.2 Å². The lowest BCUT2D eigenvalue weighted by atomic mass is 10.1. The number of hydrogen-bond donors (Lipinski definition) is 1. The molecule has 1 atom stereocenters. The SMILES string of the molecule is COC(=O)C(N)Cc1ccccc1Oc1ccccc1. The van der Waals surface area contributed by atoms with Crippen LogP contribution in [0.15, 0.2) is 54.6 Å². The molecule has 2 aromatic carbocycles. The molecule has 0 radical (unpaired) electrons. The molecule has 0 aromatic heterocycles. The highest BCUT2D eigenvalue weighted by Gasteiger charge is 2.16. The van der Waals surface area contributed by atoms with Gasteiger partial charge in [0.05, 0.1) is 7.11 Å². The minimum atomic E-state index is -0.694. The highest BCUT2D eigenvalue weighted by Crippen LogP contribution is 2.25. The van der Waals surface area contributed by atoms with E-state index in [1.54, 1.807) is 0 Å². The Hall–Kier alpha value is -2.33. The van der Waals surface area contributed by atoms with Crippen molar-refractivity contribution in [1.82, 2.24) is 0 Å². The zero-order chi connectivity index (χ0) is 14.4. The van der Waals surface area contributed by atoms with E-state index in [4.69, 9.17) is 10.5 Å². The molecule has 0 aliphatic carbocycles. The number of methoxy groups -OCH3 is 1. The number of rotatable bonds is 5. The summed E-state index contributed by atoms with van der Waals surface area (Å²) in [4.78, 5) is 11.4. The van der Waals surface area contributed by atoms with E-state index in [2.05, 4.69) is 4.74 Å². The zero-order valence-electron chi connectivity index (χ0n) is 11.3. The maximum Gasteiger partial charge on any atom is 0.322 e. The van der Waals surface area contributed by atoms with E-state index in [0.717, 1.165) is 11.3 Å². The number of ether oxygens (including phenoxy) is 2. The second-order valence-electron chi connectivity index (χ2n) is 4.36. The first kappa shape index (κ1) is 14.1. The minimum Gasteiger partial charge on any atom is -0.468 e. The number of benzene rings is 2. The van der Waals surface area contributed by atoms with Crippen LogP contribution >= 0.6 is 0 Å². The van der Waals surface area contributed by atoms with E-state index in [0.29, 0.717) is 12.2 Å². The van der Waals surface area contributed by atoms with Crippen LogP contribution in [0.4, 0.5) is 0 Å². The first-order valence-corrected chi connectivity index (χ1v) is 6.35. The maximum absolute atomic E-state index is 11.4. The average molecular weight is 271 g/mol. The van der Waals surface area contributed by atoms with E-state index in [-0.39, 0.29) is 0 Å². The van der Waals surface area contributed by atoms with E-state index in [1.165, 1.54) is 7.11 Å². The maximum atomic E-state index is 11.4. The molecule has 0 spiro atoms. The number of esters is 1. The Kier molecular flexibility index (Phi) is 4.74. The smallest absolute Gasteiger partial charge is 0.322 e. The first-order valence-electron chi connectivity index (χ1n) is 6.35. The van der Waals surface area contributed by atoms with Gasteiger partial charge in [-0.15, -0.1) is 0 Å². The Morgan fingerprint density at radius 3 is 2.45 bits per heavy atom. The Labute approximate surface area is 118 Å². The molecule has 2 rings (SSSR count). The van der Waals surface area contributed by atoms with Crippen LogP contribution in [-0.4, -0.2) is 19.1 Å². The number of hydrogen-bond acceptors (Lipinski definition) is 4. The van der Waals surface area contributed by atoms with Gasteiger partial charge >= 0.3 is 5.97 Å². The summed E-state index contributed by atoms with van der Waals surface area (Å²) in [6, 6.07) is 16.3. The third-order valence-corrected chi connectivity index (χ3v) is 2.89. The van der Waals surface area contributed by atoms with Gasteiger partial charge in [-0.05, 0) is 23.8 Å². The van der Waals surface area contributed by atoms with Gasteiger partial charge in [0.25, 0.3) is 0 Å². The Morgan fingerprint density at radius 1 is 1.10 bits per heavy atom. The van der Waals surface area contributed by atoms with Crippen molar-refractivity contribution in [3.8, 4) is 11.5 Å². The molecule has 0 saturated carbocycles. The Balaban J connectivity index is 2.16. The molecule has 2 N–H and O–H groups in total. The summed E-state index contributed by atoms with van der Waals surface area (Å²) in [7, 11) is 1.33. The van der Waals surface area contributed by atoms with E-state index in [9.17, 15) is 4.79 Å². The highest BCUT2D eigenvalue weighted by atomic mass is 16.5. The third-order valence-electron chi connectivity index (χ3n) is 2.89. The van der Waals surface area contributed by atoms with Gasteiger partial charge in [-0.3, -0.25) is 4.79 Å². The van der Waals surface area contributed by atoms with Crippen molar-refractivity contribution in [3.63, 3.8) is 0 Å². The summed E-state index contributed by atoms with van der Waals surface area (Å²) >= 11 is 0. The quantitative estimate of drug-likeness (QED) is 0.849. The fourth-order valence-corrected chi connectivity index (χ4v) is 1.86. The van der Waals surface area contributed by atoms with E-state index in [1.807, 2.05) is 54.6 Å². The minimum absolute atomic E-state index is 0.371. The molecule has 4 heteroatoms. The standard InChI is InChI=1S/C16H17NO3/c1-19-16(18)14(17)11-12-7-5-6-10-15(12)20-13-8-3-2-4-9-13/h2-10,14H,11,17H2,1H3. The van der Waals surface area contributed by atoms with Crippen LogP contribution in [0.3, 0.4) is 0 Å². The van der Waals surface area contributed by atoms with Crippen LogP contribution in [0.2, 0.25) is 0 Å². The van der Waals surface area contributed by atoms with Crippen molar-refractivity contribution in [1.29, 1.82) is 0 Å². The molecular weight excluding hydrogens is 254 g/mol. The van der Waals surface area contributed by atoms with Crippen LogP contribution < -0.4 is 10.5 Å². The lowest BCUT2D eigenvalue weighted by Gasteiger charge is -2.13. The highest BCUT2D eigenvalue weighted by molar-refractivity contribution is 5.75. The number of nitrogens with two attached hydrogens (primary N) is 1. The predicted octanol–water partition coefficient (Wildman–Crippen LogP) is 2.52. The van der Waals surface area contributed by atoms with Gasteiger partial charge in [0, 0.05) is 6.42 Å². The second-order valence-corrected chi connectivity index (χ2v) is 4.36. The monoisotopic (exact) mass is 271 g/mol. The molecule has 0 saturated heterocycles. The first-order chi connectivity index (χ1) is 9.70. The fraction of sp³-hybridized carbons (Fsp3) is 0.188. The largest absolute Gasteiger partial charge is 0.468 e. The molecule has 4 nitrogen and oxygen atoms in total. The van der Waals surface area contributed by atoms with E-state index >= 15 is 0 Å². The van der Waals surface area contributed by atoms with Crippen molar-refractivity contribution >= 4 is 5.97 Å². The van der Waals surface area contributed by atoms with Gasteiger partial charge in [0.1, 0.15) is 17.5 Å². The number of para-hydroxylation sites is 2. The van der Waals surface area contributed by atoms with Gasteiger partial charge in [0.15, 0.2) is 0 Å². The molecule has 0 aliphatic rings. The predicted molar refractivity (Wildman–Crippen MR) is 76.7 cm³/mol. The van der Waals surface area contributed by atoms with Gasteiger partial charge in [-0.2, -0.15) is 0 Å². The summed E-state index contributed by atoms with van der Waals surface area (Å²) in [5.41, 5.74) is 6.66. The molecule has 104 valence electrons. The normalized spacial score (nSPS) is 11.7. The fourth-order valence-electron chi connectivity index (χ4n) is 1.86. The van der Waals surface area contributed by atoms with Gasteiger partial charge in [-0.1, -0.05) is 36.4 Å². The van der Waals surface area contributed by atoms with Crippen molar-refractivity contribution in [2.45, 2.75) is 12.5 Å². The molecule has 0 heterocycles. The Morgan fingerprint density at radius 2 is 1.75 bits per heavy atom. The molecule has 0 amide bonds. The molecule has 0 fully saturated rings. The van der Waals surface area contributed by atoms with Crippen molar-refractivity contribution < 1.29 is 14.3 Å². The molecule has 1 unspecified atom stereocenters. The molecule has 0 aliphatic heterocycles. The number of carbonyl (C=O) groups is 1. The Bertz CT molecular complexity index is 569. The lowest BCUT2D eigenvalue weighted by molar-refractivity contribution is -0.142. The van der Waals surface area contributed by atoms with Crippen molar-refractivity contribution in [2.75, 3.05) is 7.11 Å². The number of carbonyl (C=O) groups excluding carboxylic acids is 1. The molecule has 2 aromatic rings. The third kappa shape index (κ3) is 3.59. The molecule has 20 heavy (non-hydrogen) atoms. The average Bonchev–Trinajstić information content (AvgIpc) is 2.49. The van der Waals surface area contributed by atoms with Crippen LogP contribution in [0, 0.1) is 0 Å². The summed E-state index contributed by atoms with van der Waals surface area (Å²) in [5, 5.41) is 0. The zero-order valence-corrected chi connectivity index (χ0v) is 11.3. The molecular formula is C16H17NO3. The lowest BCUT2D eigenvalue weighted by Crippen LogP contribution is -2.33. The molecule has 0 bridgehead atoms. The second kappa shape index (κ2) is 6.73. The summed E-state index contributed by atoms with van der Waals surface area (Å²) in [6.07, 6.45) is 0.371. The summed E-state index contributed by atoms with van der Waals surface area (Å²) in [6.45, 7) is 0. The summed E-state index contributed by atoms with van der Waals surface area (Å²) in [5.74, 6) is 1.00. The van der Waals surface area contributed by atoms with Gasteiger partial charge < -0.3 is 15.2 Å². The van der Waals surface area contributed by atoms with Crippen LogP contribution in [-0.2, 0) is 16.0 Å². The van der Waals surface area contributed by atoms with Crippen LogP contribution in [0.5, 0.6) is 11.5 Å². The van der Waals surface area contributed by atoms with Crippen LogP contribution in [0.25, 0.3) is 0 Å². The van der Waals surface area contributed by atoms with E-state index < -0.39 is 12.0 Å². The van der Waals surface area contributed by atoms with Crippen molar-refractivity contribution in [2.24, 2.45) is 5.73 Å². The summed E-state index contributed by atoms with van der Waals surface area (Å²) < 4.78 is 10.5. The van der Waals surface area contributed by atoms with Gasteiger partial charge in [-0.25, -0.2) is 0 Å².